The maximum Gasteiger partial charge on any atom is 0.176 e. The summed E-state index contributed by atoms with van der Waals surface area (Å²) in [6, 6.07) is 6.72. The van der Waals surface area contributed by atoms with Gasteiger partial charge in [0.15, 0.2) is 5.78 Å². The predicted octanol–water partition coefficient (Wildman–Crippen LogP) is 3.72. The second-order valence-corrected chi connectivity index (χ2v) is 6.65. The van der Waals surface area contributed by atoms with Crippen molar-refractivity contribution in [2.75, 3.05) is 13.6 Å². The predicted molar refractivity (Wildman–Crippen MR) is 84.3 cm³/mol. The number of likely N-dealkylation sites (N-methyl/N-ethyl adjacent to an activating group) is 1. The Hall–Kier alpha value is -1.15. The van der Waals surface area contributed by atoms with Crippen molar-refractivity contribution < 1.29 is 4.79 Å². The zero-order chi connectivity index (χ0) is 14.7. The third-order valence-corrected chi connectivity index (χ3v) is 4.38. The number of carbonyl (C=O) groups is 1. The highest BCUT2D eigenvalue weighted by atomic mass is 16.1. The molecule has 0 bridgehead atoms. The van der Waals surface area contributed by atoms with Gasteiger partial charge in [0.25, 0.3) is 0 Å². The van der Waals surface area contributed by atoms with Crippen molar-refractivity contribution in [1.82, 2.24) is 4.90 Å². The number of ketones is 1. The van der Waals surface area contributed by atoms with Crippen molar-refractivity contribution in [1.29, 1.82) is 0 Å². The lowest BCUT2D eigenvalue weighted by Gasteiger charge is -2.25. The van der Waals surface area contributed by atoms with Gasteiger partial charge >= 0.3 is 0 Å². The molecule has 1 aromatic carbocycles. The summed E-state index contributed by atoms with van der Waals surface area (Å²) in [6.07, 6.45) is 4.68. The monoisotopic (exact) mass is 273 g/mol. The third kappa shape index (κ3) is 3.69. The molecule has 1 aliphatic rings. The van der Waals surface area contributed by atoms with Crippen LogP contribution in [0.15, 0.2) is 18.2 Å². The molecule has 0 spiro atoms. The molecule has 0 aliphatic heterocycles. The van der Waals surface area contributed by atoms with E-state index in [1.54, 1.807) is 0 Å². The Kier molecular flexibility index (Phi) is 4.98. The van der Waals surface area contributed by atoms with Crippen LogP contribution in [0.2, 0.25) is 0 Å². The minimum atomic E-state index is 0.248. The molecule has 1 aliphatic carbocycles. The van der Waals surface area contributed by atoms with Gasteiger partial charge in [-0.05, 0) is 62.8 Å². The van der Waals surface area contributed by atoms with E-state index in [2.05, 4.69) is 44.9 Å². The van der Waals surface area contributed by atoms with Crippen LogP contribution in [0.3, 0.4) is 0 Å². The summed E-state index contributed by atoms with van der Waals surface area (Å²) in [4.78, 5) is 14.6. The fraction of sp³-hybridized carbons (Fsp3) is 0.611. The van der Waals surface area contributed by atoms with Gasteiger partial charge in [-0.1, -0.05) is 26.0 Å². The summed E-state index contributed by atoms with van der Waals surface area (Å²) >= 11 is 0. The molecule has 2 rings (SSSR count). The molecule has 2 nitrogen and oxygen atoms in total. The molecule has 1 unspecified atom stereocenters. The normalized spacial score (nSPS) is 15.7. The van der Waals surface area contributed by atoms with Gasteiger partial charge in [-0.25, -0.2) is 0 Å². The fourth-order valence-corrected chi connectivity index (χ4v) is 3.08. The summed E-state index contributed by atoms with van der Waals surface area (Å²) in [6.45, 7) is 7.18. The van der Waals surface area contributed by atoms with Crippen LogP contribution in [-0.2, 0) is 12.8 Å². The van der Waals surface area contributed by atoms with E-state index < -0.39 is 0 Å². The third-order valence-electron chi connectivity index (χ3n) is 4.38. The van der Waals surface area contributed by atoms with Gasteiger partial charge in [-0.2, -0.15) is 0 Å². The van der Waals surface area contributed by atoms with E-state index in [1.165, 1.54) is 24.0 Å². The van der Waals surface area contributed by atoms with E-state index in [-0.39, 0.29) is 5.78 Å². The van der Waals surface area contributed by atoms with E-state index in [0.717, 1.165) is 18.4 Å². The summed E-state index contributed by atoms with van der Waals surface area (Å²) in [7, 11) is 2.05. The number of hydrogen-bond acceptors (Lipinski definition) is 2. The SMILES string of the molecule is CC(C)CC(C)N(C)CC(=O)c1ccc2c(c1)CCC2. The molecule has 0 saturated heterocycles. The van der Waals surface area contributed by atoms with Crippen LogP contribution in [0.25, 0.3) is 0 Å². The Balaban J connectivity index is 1.98. The van der Waals surface area contributed by atoms with Crippen LogP contribution in [0.5, 0.6) is 0 Å². The average molecular weight is 273 g/mol. The van der Waals surface area contributed by atoms with E-state index >= 15 is 0 Å². The molecule has 1 aromatic rings. The Morgan fingerprint density at radius 1 is 1.20 bits per heavy atom. The van der Waals surface area contributed by atoms with Crippen molar-refractivity contribution in [3.63, 3.8) is 0 Å². The number of Topliss-reactive ketones (excluding diaryl/α,β-unsaturated/α-hetero) is 1. The van der Waals surface area contributed by atoms with Crippen LogP contribution in [0.4, 0.5) is 0 Å². The molecule has 20 heavy (non-hydrogen) atoms. The van der Waals surface area contributed by atoms with E-state index in [1.807, 2.05) is 6.07 Å². The van der Waals surface area contributed by atoms with Gasteiger partial charge in [0.1, 0.15) is 0 Å². The molecule has 0 radical (unpaired) electrons. The summed E-state index contributed by atoms with van der Waals surface area (Å²) < 4.78 is 0. The molecule has 0 heterocycles. The number of benzene rings is 1. The standard InChI is InChI=1S/C18H27NO/c1-13(2)10-14(3)19(4)12-18(20)17-9-8-15-6-5-7-16(15)11-17/h8-9,11,13-14H,5-7,10,12H2,1-4H3. The molecular weight excluding hydrogens is 246 g/mol. The van der Waals surface area contributed by atoms with Crippen LogP contribution >= 0.6 is 0 Å². The van der Waals surface area contributed by atoms with Crippen molar-refractivity contribution in [3.8, 4) is 0 Å². The molecule has 0 fully saturated rings. The number of aryl methyl sites for hydroxylation is 2. The fourth-order valence-electron chi connectivity index (χ4n) is 3.08. The first-order chi connectivity index (χ1) is 9.47. The number of nitrogens with zero attached hydrogens (tertiary/aromatic N) is 1. The van der Waals surface area contributed by atoms with Crippen molar-refractivity contribution in [2.45, 2.75) is 52.5 Å². The first kappa shape index (κ1) is 15.2. The second-order valence-electron chi connectivity index (χ2n) is 6.65. The largest absolute Gasteiger partial charge is 0.296 e. The summed E-state index contributed by atoms with van der Waals surface area (Å²) in [5.74, 6) is 0.917. The highest BCUT2D eigenvalue weighted by molar-refractivity contribution is 5.97. The lowest BCUT2D eigenvalue weighted by Crippen LogP contribution is -2.34. The van der Waals surface area contributed by atoms with Gasteiger partial charge in [0, 0.05) is 11.6 Å². The average Bonchev–Trinajstić information content (AvgIpc) is 2.84. The molecule has 2 heteroatoms. The smallest absolute Gasteiger partial charge is 0.176 e. The van der Waals surface area contributed by atoms with Gasteiger partial charge in [-0.15, -0.1) is 0 Å². The highest BCUT2D eigenvalue weighted by Crippen LogP contribution is 2.23. The van der Waals surface area contributed by atoms with Crippen molar-refractivity contribution >= 4 is 5.78 Å². The summed E-state index contributed by atoms with van der Waals surface area (Å²) in [5, 5.41) is 0. The first-order valence-corrected chi connectivity index (χ1v) is 7.82. The molecule has 0 aromatic heterocycles. The zero-order valence-corrected chi connectivity index (χ0v) is 13.3. The van der Waals surface area contributed by atoms with Gasteiger partial charge in [-0.3, -0.25) is 9.69 Å². The van der Waals surface area contributed by atoms with Crippen LogP contribution in [0, 0.1) is 5.92 Å². The van der Waals surface area contributed by atoms with Gasteiger partial charge in [0.05, 0.1) is 6.54 Å². The topological polar surface area (TPSA) is 20.3 Å². The van der Waals surface area contributed by atoms with E-state index in [9.17, 15) is 4.79 Å². The maximum absolute atomic E-state index is 12.4. The summed E-state index contributed by atoms with van der Waals surface area (Å²) in [5.41, 5.74) is 3.70. The second kappa shape index (κ2) is 6.53. The lowest BCUT2D eigenvalue weighted by molar-refractivity contribution is 0.0916. The maximum atomic E-state index is 12.4. The van der Waals surface area contributed by atoms with Crippen molar-refractivity contribution in [3.05, 3.63) is 34.9 Å². The molecule has 0 amide bonds. The Morgan fingerprint density at radius 3 is 2.60 bits per heavy atom. The van der Waals surface area contributed by atoms with E-state index in [0.29, 0.717) is 18.5 Å². The molecule has 0 saturated carbocycles. The number of carbonyl (C=O) groups excluding carboxylic acids is 1. The lowest BCUT2D eigenvalue weighted by atomic mass is 10.0. The molecular formula is C18H27NO. The van der Waals surface area contributed by atoms with Crippen LogP contribution in [0.1, 0.15) is 55.1 Å². The van der Waals surface area contributed by atoms with E-state index in [4.69, 9.17) is 0 Å². The molecule has 110 valence electrons. The van der Waals surface area contributed by atoms with Gasteiger partial charge < -0.3 is 0 Å². The van der Waals surface area contributed by atoms with Crippen LogP contribution in [-0.4, -0.2) is 30.3 Å². The minimum absolute atomic E-state index is 0.248. The quantitative estimate of drug-likeness (QED) is 0.736. The Labute approximate surface area is 123 Å². The minimum Gasteiger partial charge on any atom is -0.296 e. The number of fused-ring (bicyclic) bond motifs is 1. The van der Waals surface area contributed by atoms with Gasteiger partial charge in [0.2, 0.25) is 0 Å². The number of rotatable bonds is 6. The zero-order valence-electron chi connectivity index (χ0n) is 13.3. The Bertz CT molecular complexity index is 478. The van der Waals surface area contributed by atoms with Crippen molar-refractivity contribution in [2.24, 2.45) is 5.92 Å². The first-order valence-electron chi connectivity index (χ1n) is 7.82. The molecule has 0 N–H and O–H groups in total. The van der Waals surface area contributed by atoms with Crippen LogP contribution < -0.4 is 0 Å². The molecule has 1 atom stereocenters. The number of hydrogen-bond donors (Lipinski definition) is 0. The Morgan fingerprint density at radius 2 is 1.90 bits per heavy atom. The highest BCUT2D eigenvalue weighted by Gasteiger charge is 2.17.